The average Bonchev–Trinajstić information content (AvgIpc) is 3.35. The van der Waals surface area contributed by atoms with Gasteiger partial charge in [-0.1, -0.05) is 0 Å². The molecule has 1 aliphatic rings. The molecule has 0 aromatic rings. The highest BCUT2D eigenvalue weighted by Crippen LogP contribution is 2.09. The van der Waals surface area contributed by atoms with Crippen LogP contribution in [0.3, 0.4) is 0 Å². The first-order valence-corrected chi connectivity index (χ1v) is 12.2. The van der Waals surface area contributed by atoms with E-state index in [-0.39, 0.29) is 25.2 Å². The van der Waals surface area contributed by atoms with Gasteiger partial charge >= 0.3 is 11.9 Å². The topological polar surface area (TPSA) is 226 Å². The molecule has 1 saturated heterocycles. The lowest BCUT2D eigenvalue weighted by molar-refractivity contribution is -0.143. The minimum absolute atomic E-state index is 0.143. The molecule has 0 aromatic heterocycles. The summed E-state index contributed by atoms with van der Waals surface area (Å²) in [5, 5.41) is 29.1. The van der Waals surface area contributed by atoms with Gasteiger partial charge in [-0.05, 0) is 77.4 Å². The number of carbonyl (C=O) groups excluding carboxylic acids is 3. The maximum absolute atomic E-state index is 13.0. The first-order chi connectivity index (χ1) is 16.7. The van der Waals surface area contributed by atoms with Gasteiger partial charge in [0.1, 0.15) is 18.1 Å². The van der Waals surface area contributed by atoms with E-state index in [2.05, 4.69) is 21.3 Å². The lowest BCUT2D eigenvalue weighted by Gasteiger charge is -2.25. The fourth-order valence-corrected chi connectivity index (χ4v) is 3.77. The van der Waals surface area contributed by atoms with Crippen LogP contribution in [0.1, 0.15) is 64.2 Å². The molecule has 0 radical (unpaired) electrons. The molecule has 10 N–H and O–H groups in total. The fraction of sp³-hybridized carbons (Fsp3) is 0.773. The Balaban J connectivity index is 2.91. The number of unbranched alkanes of at least 4 members (excludes halogenated alkanes) is 2. The molecule has 13 nitrogen and oxygen atoms in total. The Bertz CT molecular complexity index is 714. The molecule has 0 saturated carbocycles. The van der Waals surface area contributed by atoms with Gasteiger partial charge in [-0.25, -0.2) is 4.79 Å². The van der Waals surface area contributed by atoms with Gasteiger partial charge in [0.05, 0.1) is 6.04 Å². The van der Waals surface area contributed by atoms with Crippen LogP contribution in [0.25, 0.3) is 0 Å². The number of amides is 3. The second-order valence-electron chi connectivity index (χ2n) is 8.67. The smallest absolute Gasteiger partial charge is 0.326 e. The van der Waals surface area contributed by atoms with Crippen molar-refractivity contribution in [2.24, 2.45) is 11.5 Å². The van der Waals surface area contributed by atoms with Crippen molar-refractivity contribution in [1.29, 1.82) is 0 Å². The minimum Gasteiger partial charge on any atom is -0.481 e. The van der Waals surface area contributed by atoms with E-state index < -0.39 is 54.3 Å². The van der Waals surface area contributed by atoms with Crippen LogP contribution in [0, 0.1) is 0 Å². The van der Waals surface area contributed by atoms with Crippen molar-refractivity contribution in [1.82, 2.24) is 21.3 Å². The first kappa shape index (κ1) is 30.3. The molecular weight excluding hydrogens is 460 g/mol. The van der Waals surface area contributed by atoms with Crippen LogP contribution in [-0.2, 0) is 24.0 Å². The van der Waals surface area contributed by atoms with Crippen LogP contribution in [0.4, 0.5) is 0 Å². The average molecular weight is 501 g/mol. The summed E-state index contributed by atoms with van der Waals surface area (Å²) < 4.78 is 0. The number of nitrogens with one attached hydrogen (secondary N) is 4. The van der Waals surface area contributed by atoms with Crippen LogP contribution < -0.4 is 32.7 Å². The second kappa shape index (κ2) is 16.8. The van der Waals surface area contributed by atoms with Crippen molar-refractivity contribution >= 4 is 29.7 Å². The number of hydrogen-bond donors (Lipinski definition) is 8. The summed E-state index contributed by atoms with van der Waals surface area (Å²) in [5.74, 6) is -4.18. The molecule has 200 valence electrons. The highest BCUT2D eigenvalue weighted by molar-refractivity contribution is 5.94. The molecule has 1 heterocycles. The van der Waals surface area contributed by atoms with Crippen molar-refractivity contribution in [3.63, 3.8) is 0 Å². The number of nitrogens with two attached hydrogens (primary N) is 2. The standard InChI is InChI=1S/C22H40N6O7/c23-11-3-1-6-15(26-19(31)14-8-5-13-25-14)20(32)27-16(9-10-18(29)30)21(33)28-17(22(34)35)7-2-4-12-24/h14-17,25H,1-13,23-24H2,(H,26,31)(H,27,32)(H,28,33)(H,29,30)(H,34,35). The highest BCUT2D eigenvalue weighted by Gasteiger charge is 2.31. The molecular formula is C22H40N6O7. The molecule has 3 amide bonds. The zero-order chi connectivity index (χ0) is 26.2. The third-order valence-electron chi connectivity index (χ3n) is 5.80. The molecule has 35 heavy (non-hydrogen) atoms. The third-order valence-corrected chi connectivity index (χ3v) is 5.80. The van der Waals surface area contributed by atoms with Gasteiger partial charge in [-0.15, -0.1) is 0 Å². The monoisotopic (exact) mass is 500 g/mol. The predicted molar refractivity (Wildman–Crippen MR) is 127 cm³/mol. The number of aliphatic carboxylic acids is 2. The van der Waals surface area contributed by atoms with Crippen molar-refractivity contribution < 1.29 is 34.2 Å². The van der Waals surface area contributed by atoms with E-state index in [0.717, 1.165) is 6.42 Å². The largest absolute Gasteiger partial charge is 0.481 e. The zero-order valence-corrected chi connectivity index (χ0v) is 20.1. The van der Waals surface area contributed by atoms with Gasteiger partial charge in [-0.2, -0.15) is 0 Å². The van der Waals surface area contributed by atoms with Crippen LogP contribution in [-0.4, -0.2) is 83.7 Å². The molecule has 4 atom stereocenters. The van der Waals surface area contributed by atoms with Crippen molar-refractivity contribution in [2.45, 2.75) is 88.4 Å². The minimum atomic E-state index is -1.28. The van der Waals surface area contributed by atoms with Crippen LogP contribution in [0.5, 0.6) is 0 Å². The summed E-state index contributed by atoms with van der Waals surface area (Å²) in [6, 6.07) is -3.84. The van der Waals surface area contributed by atoms with Gasteiger partial charge in [0.25, 0.3) is 0 Å². The Morgan fingerprint density at radius 1 is 0.800 bits per heavy atom. The first-order valence-electron chi connectivity index (χ1n) is 12.2. The Hall–Kier alpha value is -2.77. The van der Waals surface area contributed by atoms with Gasteiger partial charge < -0.3 is 42.9 Å². The predicted octanol–water partition coefficient (Wildman–Crippen LogP) is -1.60. The van der Waals surface area contributed by atoms with Crippen LogP contribution >= 0.6 is 0 Å². The van der Waals surface area contributed by atoms with E-state index in [1.54, 1.807) is 0 Å². The number of carbonyl (C=O) groups is 5. The Morgan fingerprint density at radius 3 is 1.83 bits per heavy atom. The number of rotatable bonds is 18. The van der Waals surface area contributed by atoms with Gasteiger partial charge in [0, 0.05) is 6.42 Å². The lowest BCUT2D eigenvalue weighted by atomic mass is 10.0. The number of hydrogen-bond acceptors (Lipinski definition) is 8. The maximum atomic E-state index is 13.0. The Labute approximate surface area is 205 Å². The van der Waals surface area contributed by atoms with Gasteiger partial charge in [0.2, 0.25) is 17.7 Å². The summed E-state index contributed by atoms with van der Waals surface area (Å²) in [6.07, 6.45) is 3.51. The van der Waals surface area contributed by atoms with Crippen LogP contribution in [0.2, 0.25) is 0 Å². The van der Waals surface area contributed by atoms with Gasteiger partial charge in [0.15, 0.2) is 0 Å². The molecule has 4 unspecified atom stereocenters. The molecule has 0 aliphatic carbocycles. The fourth-order valence-electron chi connectivity index (χ4n) is 3.77. The quantitative estimate of drug-likeness (QED) is 0.101. The van der Waals surface area contributed by atoms with E-state index in [1.165, 1.54) is 0 Å². The molecule has 13 heteroatoms. The number of carboxylic acids is 2. The third kappa shape index (κ3) is 12.0. The Kier molecular flexibility index (Phi) is 14.5. The Morgan fingerprint density at radius 2 is 1.34 bits per heavy atom. The molecule has 1 aliphatic heterocycles. The second-order valence-corrected chi connectivity index (χ2v) is 8.67. The van der Waals surface area contributed by atoms with E-state index in [9.17, 15) is 29.1 Å². The maximum Gasteiger partial charge on any atom is 0.326 e. The molecule has 0 spiro atoms. The molecule has 1 rings (SSSR count). The number of carboxylic acid groups (broad SMARTS) is 2. The summed E-state index contributed by atoms with van der Waals surface area (Å²) in [4.78, 5) is 61.1. The highest BCUT2D eigenvalue weighted by atomic mass is 16.4. The zero-order valence-electron chi connectivity index (χ0n) is 20.1. The van der Waals surface area contributed by atoms with Gasteiger partial charge in [-0.3, -0.25) is 19.2 Å². The molecule has 1 fully saturated rings. The van der Waals surface area contributed by atoms with Crippen molar-refractivity contribution in [2.75, 3.05) is 19.6 Å². The van der Waals surface area contributed by atoms with E-state index in [1.807, 2.05) is 0 Å². The summed E-state index contributed by atoms with van der Waals surface area (Å²) in [6.45, 7) is 1.50. The van der Waals surface area contributed by atoms with E-state index in [0.29, 0.717) is 51.7 Å². The van der Waals surface area contributed by atoms with Crippen molar-refractivity contribution in [3.8, 4) is 0 Å². The van der Waals surface area contributed by atoms with Crippen molar-refractivity contribution in [3.05, 3.63) is 0 Å². The van der Waals surface area contributed by atoms with E-state index in [4.69, 9.17) is 16.6 Å². The lowest BCUT2D eigenvalue weighted by Crippen LogP contribution is -2.57. The summed E-state index contributed by atoms with van der Waals surface area (Å²) in [7, 11) is 0. The molecule has 0 aromatic carbocycles. The van der Waals surface area contributed by atoms with E-state index >= 15 is 0 Å². The summed E-state index contributed by atoms with van der Waals surface area (Å²) >= 11 is 0. The SMILES string of the molecule is NCCCCC(NC(=O)C(CCC(=O)O)NC(=O)C(CCCCN)NC(=O)C1CCCN1)C(=O)O. The summed E-state index contributed by atoms with van der Waals surface area (Å²) in [5.41, 5.74) is 11.0. The molecule has 0 bridgehead atoms. The van der Waals surface area contributed by atoms with Crippen LogP contribution in [0.15, 0.2) is 0 Å². The normalized spacial score (nSPS) is 17.7.